The molecule has 1 aromatic carbocycles. The number of nitrogens with one attached hydrogen (secondary N) is 1. The van der Waals surface area contributed by atoms with E-state index in [2.05, 4.69) is 10.2 Å². The van der Waals surface area contributed by atoms with Crippen molar-refractivity contribution in [2.75, 3.05) is 26.2 Å². The van der Waals surface area contributed by atoms with Crippen LogP contribution in [0.25, 0.3) is 0 Å². The molecule has 0 aliphatic carbocycles. The molecular formula is C17H28Cl3N3O2. The van der Waals surface area contributed by atoms with Crippen molar-refractivity contribution in [1.82, 2.24) is 10.2 Å². The Morgan fingerprint density at radius 3 is 2.36 bits per heavy atom. The van der Waals surface area contributed by atoms with Crippen molar-refractivity contribution in [2.24, 2.45) is 5.73 Å². The lowest BCUT2D eigenvalue weighted by Gasteiger charge is -2.33. The predicted molar refractivity (Wildman–Crippen MR) is 107 cm³/mol. The first-order valence-corrected chi connectivity index (χ1v) is 8.43. The lowest BCUT2D eigenvalue weighted by Crippen LogP contribution is -2.54. The first-order chi connectivity index (χ1) is 10.8. The van der Waals surface area contributed by atoms with Crippen LogP contribution in [0.4, 0.5) is 0 Å². The van der Waals surface area contributed by atoms with Crippen LogP contribution < -0.4 is 15.8 Å². The molecule has 1 saturated heterocycles. The number of amides is 1. The van der Waals surface area contributed by atoms with E-state index >= 15 is 0 Å². The summed E-state index contributed by atoms with van der Waals surface area (Å²) in [6.45, 7) is 6.90. The molecule has 1 aliphatic heterocycles. The number of nitrogens with two attached hydrogens (primary N) is 1. The second-order valence-corrected chi connectivity index (χ2v) is 7.05. The van der Waals surface area contributed by atoms with Gasteiger partial charge >= 0.3 is 0 Å². The van der Waals surface area contributed by atoms with Crippen molar-refractivity contribution in [2.45, 2.75) is 38.3 Å². The highest BCUT2D eigenvalue weighted by Crippen LogP contribution is 2.16. The maximum absolute atomic E-state index is 11.9. The Morgan fingerprint density at radius 2 is 1.84 bits per heavy atom. The zero-order chi connectivity index (χ0) is 16.9. The maximum atomic E-state index is 11.9. The molecule has 25 heavy (non-hydrogen) atoms. The van der Waals surface area contributed by atoms with E-state index in [0.29, 0.717) is 11.6 Å². The molecule has 144 valence electrons. The Hall–Kier alpha value is -0.720. The summed E-state index contributed by atoms with van der Waals surface area (Å²) in [4.78, 5) is 14.2. The van der Waals surface area contributed by atoms with Crippen molar-refractivity contribution in [1.29, 1.82) is 0 Å². The second kappa shape index (κ2) is 11.1. The highest BCUT2D eigenvalue weighted by atomic mass is 35.5. The Balaban J connectivity index is 0.00000288. The van der Waals surface area contributed by atoms with Gasteiger partial charge < -0.3 is 15.8 Å². The van der Waals surface area contributed by atoms with Crippen LogP contribution in [0.3, 0.4) is 0 Å². The molecule has 2 rings (SSSR count). The largest absolute Gasteiger partial charge is 0.492 e. The molecular weight excluding hydrogens is 385 g/mol. The number of halogens is 3. The molecule has 0 radical (unpaired) electrons. The molecule has 1 fully saturated rings. The molecule has 8 heteroatoms. The number of ether oxygens (including phenoxy) is 1. The minimum absolute atomic E-state index is 0. The topological polar surface area (TPSA) is 67.6 Å². The number of hydrogen-bond acceptors (Lipinski definition) is 4. The summed E-state index contributed by atoms with van der Waals surface area (Å²) in [5, 5.41) is 3.74. The van der Waals surface area contributed by atoms with Crippen LogP contribution in [-0.2, 0) is 4.79 Å². The minimum atomic E-state index is -0.816. The molecule has 1 aliphatic rings. The lowest BCUT2D eigenvalue weighted by atomic mass is 10.0. The van der Waals surface area contributed by atoms with Crippen molar-refractivity contribution >= 4 is 42.3 Å². The highest BCUT2D eigenvalue weighted by molar-refractivity contribution is 6.30. The number of likely N-dealkylation sites (tertiary alicyclic amines) is 1. The van der Waals surface area contributed by atoms with Gasteiger partial charge in [0.2, 0.25) is 5.91 Å². The normalized spacial score (nSPS) is 15.7. The fourth-order valence-corrected chi connectivity index (χ4v) is 2.62. The van der Waals surface area contributed by atoms with Gasteiger partial charge in [0.1, 0.15) is 12.4 Å². The average Bonchev–Trinajstić information content (AvgIpc) is 2.50. The lowest BCUT2D eigenvalue weighted by molar-refractivity contribution is -0.126. The van der Waals surface area contributed by atoms with E-state index in [9.17, 15) is 4.79 Å². The van der Waals surface area contributed by atoms with E-state index in [0.717, 1.165) is 38.2 Å². The molecule has 0 aromatic heterocycles. The van der Waals surface area contributed by atoms with Crippen LogP contribution >= 0.6 is 36.4 Å². The molecule has 5 nitrogen and oxygen atoms in total. The summed E-state index contributed by atoms with van der Waals surface area (Å²) in [6, 6.07) is 7.62. The monoisotopic (exact) mass is 411 g/mol. The van der Waals surface area contributed by atoms with Crippen molar-refractivity contribution in [3.05, 3.63) is 29.3 Å². The van der Waals surface area contributed by atoms with Crippen LogP contribution in [0, 0.1) is 0 Å². The van der Waals surface area contributed by atoms with Crippen LogP contribution in [0.15, 0.2) is 24.3 Å². The summed E-state index contributed by atoms with van der Waals surface area (Å²) in [7, 11) is 0. The number of benzene rings is 1. The molecule has 0 spiro atoms. The Kier molecular flexibility index (Phi) is 10.8. The fraction of sp³-hybridized carbons (Fsp3) is 0.588. The van der Waals surface area contributed by atoms with Crippen LogP contribution in [0.1, 0.15) is 26.7 Å². The Labute approximate surface area is 167 Å². The summed E-state index contributed by atoms with van der Waals surface area (Å²) in [5.41, 5.74) is 4.99. The first kappa shape index (κ1) is 24.3. The van der Waals surface area contributed by atoms with Gasteiger partial charge in [0.05, 0.1) is 5.54 Å². The van der Waals surface area contributed by atoms with Crippen molar-refractivity contribution < 1.29 is 9.53 Å². The zero-order valence-corrected chi connectivity index (χ0v) is 17.1. The van der Waals surface area contributed by atoms with Gasteiger partial charge in [-0.05, 0) is 51.0 Å². The molecule has 1 aromatic rings. The van der Waals surface area contributed by atoms with E-state index in [1.807, 2.05) is 24.3 Å². The third-order valence-electron chi connectivity index (χ3n) is 4.00. The van der Waals surface area contributed by atoms with E-state index in [4.69, 9.17) is 22.1 Å². The Morgan fingerprint density at radius 1 is 1.28 bits per heavy atom. The van der Waals surface area contributed by atoms with Crippen LogP contribution in [-0.4, -0.2) is 48.6 Å². The second-order valence-electron chi connectivity index (χ2n) is 6.61. The van der Waals surface area contributed by atoms with Gasteiger partial charge in [-0.3, -0.25) is 9.69 Å². The summed E-state index contributed by atoms with van der Waals surface area (Å²) >= 11 is 5.84. The van der Waals surface area contributed by atoms with E-state index < -0.39 is 5.54 Å². The number of rotatable bonds is 6. The summed E-state index contributed by atoms with van der Waals surface area (Å²) < 4.78 is 5.71. The van der Waals surface area contributed by atoms with Gasteiger partial charge in [-0.2, -0.15) is 0 Å². The van der Waals surface area contributed by atoms with Gasteiger partial charge in [-0.25, -0.2) is 0 Å². The molecule has 1 heterocycles. The smallest absolute Gasteiger partial charge is 0.239 e. The number of piperidine rings is 1. The molecule has 0 unspecified atom stereocenters. The number of carbonyl (C=O) groups is 1. The Bertz CT molecular complexity index is 513. The third-order valence-corrected chi connectivity index (χ3v) is 4.25. The first-order valence-electron chi connectivity index (χ1n) is 8.05. The van der Waals surface area contributed by atoms with Gasteiger partial charge in [0.15, 0.2) is 0 Å². The van der Waals surface area contributed by atoms with Gasteiger partial charge in [0.25, 0.3) is 0 Å². The fourth-order valence-electron chi connectivity index (χ4n) is 2.50. The SMILES string of the molecule is CC(C)(N)C(=O)NC1CCN(CCOc2ccc(Cl)cc2)CC1.Cl.Cl. The zero-order valence-electron chi connectivity index (χ0n) is 14.7. The third kappa shape index (κ3) is 8.47. The van der Waals surface area contributed by atoms with Gasteiger partial charge in [-0.15, -0.1) is 24.8 Å². The van der Waals surface area contributed by atoms with Gasteiger partial charge in [-0.1, -0.05) is 11.6 Å². The van der Waals surface area contributed by atoms with Crippen molar-refractivity contribution in [3.63, 3.8) is 0 Å². The van der Waals surface area contributed by atoms with Crippen LogP contribution in [0.5, 0.6) is 5.75 Å². The van der Waals surface area contributed by atoms with E-state index in [1.165, 1.54) is 0 Å². The number of hydrogen-bond donors (Lipinski definition) is 2. The molecule has 3 N–H and O–H groups in total. The van der Waals surface area contributed by atoms with E-state index in [-0.39, 0.29) is 36.8 Å². The average molecular weight is 413 g/mol. The van der Waals surface area contributed by atoms with Gasteiger partial charge in [0, 0.05) is 30.7 Å². The molecule has 0 saturated carbocycles. The quantitative estimate of drug-likeness (QED) is 0.754. The standard InChI is InChI=1S/C17H26ClN3O2.2ClH/c1-17(2,19)16(22)20-14-7-9-21(10-8-14)11-12-23-15-5-3-13(18)4-6-15;;/h3-6,14H,7-12,19H2,1-2H3,(H,20,22);2*1H. The minimum Gasteiger partial charge on any atom is -0.492 e. The molecule has 0 atom stereocenters. The number of carbonyl (C=O) groups excluding carboxylic acids is 1. The highest BCUT2D eigenvalue weighted by Gasteiger charge is 2.26. The molecule has 0 bridgehead atoms. The summed E-state index contributed by atoms with van der Waals surface area (Å²) in [6.07, 6.45) is 1.89. The van der Waals surface area contributed by atoms with Crippen molar-refractivity contribution in [3.8, 4) is 5.75 Å². The predicted octanol–water partition coefficient (Wildman–Crippen LogP) is 2.88. The maximum Gasteiger partial charge on any atom is 0.239 e. The number of nitrogens with zero attached hydrogens (tertiary/aromatic N) is 1. The van der Waals surface area contributed by atoms with Crippen LogP contribution in [0.2, 0.25) is 5.02 Å². The summed E-state index contributed by atoms with van der Waals surface area (Å²) in [5.74, 6) is 0.753. The molecule has 1 amide bonds. The van der Waals surface area contributed by atoms with E-state index in [1.54, 1.807) is 13.8 Å².